The summed E-state index contributed by atoms with van der Waals surface area (Å²) in [6.45, 7) is 6.50. The molecule has 3 aromatic heterocycles. The van der Waals surface area contributed by atoms with Crippen molar-refractivity contribution < 1.29 is 9.47 Å². The summed E-state index contributed by atoms with van der Waals surface area (Å²) in [6.07, 6.45) is 4.88. The second-order valence-electron chi connectivity index (χ2n) is 6.14. The first kappa shape index (κ1) is 20.0. The van der Waals surface area contributed by atoms with Crippen LogP contribution in [0.1, 0.15) is 25.2 Å². The van der Waals surface area contributed by atoms with Gasteiger partial charge in [0.25, 0.3) is 0 Å². The van der Waals surface area contributed by atoms with Crippen molar-refractivity contribution in [2.45, 2.75) is 26.7 Å². The zero-order chi connectivity index (χ0) is 19.6. The second-order valence-corrected chi connectivity index (χ2v) is 6.14. The fourth-order valence-electron chi connectivity index (χ4n) is 2.90. The maximum Gasteiger partial charge on any atom is 0.111 e. The van der Waals surface area contributed by atoms with Gasteiger partial charge in [-0.1, -0.05) is 12.1 Å². The van der Waals surface area contributed by atoms with E-state index in [0.29, 0.717) is 39.3 Å². The fraction of sp³-hybridized carbons (Fsp3) is 0.364. The Bertz CT molecular complexity index is 784. The van der Waals surface area contributed by atoms with Crippen LogP contribution in [0, 0.1) is 0 Å². The second kappa shape index (κ2) is 10.6. The van der Waals surface area contributed by atoms with Crippen LogP contribution in [-0.4, -0.2) is 46.4 Å². The fourth-order valence-corrected chi connectivity index (χ4v) is 2.90. The first-order valence-corrected chi connectivity index (χ1v) is 9.71. The van der Waals surface area contributed by atoms with Crippen LogP contribution in [0.3, 0.4) is 0 Å². The van der Waals surface area contributed by atoms with Gasteiger partial charge in [0.15, 0.2) is 0 Å². The number of hydrogen-bond donors (Lipinski definition) is 0. The third-order valence-corrected chi connectivity index (χ3v) is 4.23. The quantitative estimate of drug-likeness (QED) is 0.500. The van der Waals surface area contributed by atoms with Crippen LogP contribution in [-0.2, 0) is 22.3 Å². The number of nitrogens with zero attached hydrogens (tertiary/aromatic N) is 4. The van der Waals surface area contributed by atoms with Crippen LogP contribution < -0.4 is 0 Å². The Hall–Kier alpha value is -2.70. The van der Waals surface area contributed by atoms with Crippen molar-refractivity contribution in [3.8, 4) is 22.8 Å². The Balaban J connectivity index is 2.07. The van der Waals surface area contributed by atoms with Gasteiger partial charge in [-0.15, -0.1) is 0 Å². The van der Waals surface area contributed by atoms with Crippen molar-refractivity contribution >= 4 is 0 Å². The highest BCUT2D eigenvalue weighted by Gasteiger charge is 2.18. The van der Waals surface area contributed by atoms with Crippen molar-refractivity contribution in [1.29, 1.82) is 0 Å². The molecule has 0 unspecified atom stereocenters. The third kappa shape index (κ3) is 5.18. The maximum atomic E-state index is 5.56. The molecule has 3 heterocycles. The number of aromatic nitrogens is 4. The Kier molecular flexibility index (Phi) is 7.58. The number of hydrogen-bond acceptors (Lipinski definition) is 6. The minimum Gasteiger partial charge on any atom is -0.381 e. The summed E-state index contributed by atoms with van der Waals surface area (Å²) in [5.74, 6) is 0. The molecule has 0 spiro atoms. The van der Waals surface area contributed by atoms with Gasteiger partial charge >= 0.3 is 0 Å². The number of ether oxygens (including phenoxy) is 2. The van der Waals surface area contributed by atoms with E-state index in [1.54, 1.807) is 12.4 Å². The molecule has 0 radical (unpaired) electrons. The smallest absolute Gasteiger partial charge is 0.111 e. The van der Waals surface area contributed by atoms with Gasteiger partial charge in [0.1, 0.15) is 11.4 Å². The molecule has 0 aliphatic rings. The molecule has 0 fully saturated rings. The molecule has 3 rings (SSSR count). The van der Waals surface area contributed by atoms with E-state index in [4.69, 9.17) is 19.4 Å². The number of rotatable bonds is 10. The lowest BCUT2D eigenvalue weighted by molar-refractivity contribution is 0.149. The summed E-state index contributed by atoms with van der Waals surface area (Å²) in [4.78, 5) is 18.9. The summed E-state index contributed by atoms with van der Waals surface area (Å²) >= 11 is 0. The molecule has 0 aliphatic heterocycles. The molecular formula is C22H26N4O2. The predicted molar refractivity (Wildman–Crippen MR) is 109 cm³/mol. The van der Waals surface area contributed by atoms with Crippen molar-refractivity contribution in [2.24, 2.45) is 0 Å². The maximum absolute atomic E-state index is 5.56. The van der Waals surface area contributed by atoms with Crippen LogP contribution in [0.15, 0.2) is 48.8 Å². The molecule has 0 aliphatic carbocycles. The molecule has 6 heteroatoms. The Labute approximate surface area is 166 Å². The molecule has 28 heavy (non-hydrogen) atoms. The minimum absolute atomic E-state index is 0.588. The molecule has 0 atom stereocenters. The van der Waals surface area contributed by atoms with Crippen molar-refractivity contribution in [1.82, 2.24) is 19.9 Å². The molecule has 6 nitrogen and oxygen atoms in total. The van der Waals surface area contributed by atoms with E-state index in [0.717, 1.165) is 34.2 Å². The molecule has 0 N–H and O–H groups in total. The number of pyridine rings is 2. The molecular weight excluding hydrogens is 352 g/mol. The van der Waals surface area contributed by atoms with Crippen molar-refractivity contribution in [3.63, 3.8) is 0 Å². The van der Waals surface area contributed by atoms with E-state index in [2.05, 4.69) is 9.97 Å². The summed E-state index contributed by atoms with van der Waals surface area (Å²) < 4.78 is 11.1. The van der Waals surface area contributed by atoms with Gasteiger partial charge in [-0.3, -0.25) is 9.97 Å². The van der Waals surface area contributed by atoms with Gasteiger partial charge in [0.05, 0.1) is 36.0 Å². The largest absolute Gasteiger partial charge is 0.381 e. The van der Waals surface area contributed by atoms with Crippen LogP contribution in [0.2, 0.25) is 0 Å². The minimum atomic E-state index is 0.588. The van der Waals surface area contributed by atoms with Crippen molar-refractivity contribution in [3.05, 3.63) is 60.2 Å². The Morgan fingerprint density at radius 1 is 0.679 bits per heavy atom. The van der Waals surface area contributed by atoms with Gasteiger partial charge in [-0.05, 0) is 38.1 Å². The van der Waals surface area contributed by atoms with Gasteiger partial charge in [0, 0.05) is 38.4 Å². The van der Waals surface area contributed by atoms with Crippen LogP contribution in [0.25, 0.3) is 22.8 Å². The highest BCUT2D eigenvalue weighted by Crippen LogP contribution is 2.26. The molecule has 146 valence electrons. The van der Waals surface area contributed by atoms with E-state index in [1.165, 1.54) is 0 Å². The zero-order valence-electron chi connectivity index (χ0n) is 16.5. The average Bonchev–Trinajstić information content (AvgIpc) is 2.76. The highest BCUT2D eigenvalue weighted by atomic mass is 16.5. The first-order chi connectivity index (χ1) is 13.8. The van der Waals surface area contributed by atoms with Crippen LogP contribution >= 0.6 is 0 Å². The van der Waals surface area contributed by atoms with E-state index < -0.39 is 0 Å². The summed E-state index contributed by atoms with van der Waals surface area (Å²) in [7, 11) is 0. The van der Waals surface area contributed by atoms with Gasteiger partial charge < -0.3 is 9.47 Å². The molecule has 0 saturated heterocycles. The van der Waals surface area contributed by atoms with E-state index >= 15 is 0 Å². The van der Waals surface area contributed by atoms with Crippen LogP contribution in [0.4, 0.5) is 0 Å². The topological polar surface area (TPSA) is 70.0 Å². The molecule has 3 aromatic rings. The lowest BCUT2D eigenvalue weighted by Crippen LogP contribution is -2.11. The third-order valence-electron chi connectivity index (χ3n) is 4.23. The lowest BCUT2D eigenvalue weighted by Gasteiger charge is -2.14. The van der Waals surface area contributed by atoms with E-state index in [1.807, 2.05) is 50.2 Å². The summed E-state index contributed by atoms with van der Waals surface area (Å²) in [5.41, 5.74) is 4.96. The molecule has 0 amide bonds. The molecule has 0 bridgehead atoms. The lowest BCUT2D eigenvalue weighted by atomic mass is 10.1. The Morgan fingerprint density at radius 2 is 1.14 bits per heavy atom. The summed E-state index contributed by atoms with van der Waals surface area (Å²) in [5, 5.41) is 0. The standard InChI is InChI=1S/C22H26N4O2/c1-3-27-15-11-19-21(17-9-5-7-13-23-17)26-20(12-16-28-4-2)22(25-19)18-10-6-8-14-24-18/h5-10,13-14H,3-4,11-12,15-16H2,1-2H3. The highest BCUT2D eigenvalue weighted by molar-refractivity contribution is 5.64. The van der Waals surface area contributed by atoms with Crippen LogP contribution in [0.5, 0.6) is 0 Å². The van der Waals surface area contributed by atoms with Gasteiger partial charge in [-0.2, -0.15) is 0 Å². The average molecular weight is 378 g/mol. The summed E-state index contributed by atoms with van der Waals surface area (Å²) in [6, 6.07) is 11.6. The molecule has 0 saturated carbocycles. The monoisotopic (exact) mass is 378 g/mol. The van der Waals surface area contributed by atoms with Gasteiger partial charge in [0.2, 0.25) is 0 Å². The molecule has 0 aromatic carbocycles. The Morgan fingerprint density at radius 3 is 1.50 bits per heavy atom. The SMILES string of the molecule is CCOCCc1nc(-c2ccccn2)c(CCOCC)nc1-c1ccccn1. The van der Waals surface area contributed by atoms with E-state index in [9.17, 15) is 0 Å². The predicted octanol–water partition coefficient (Wildman–Crippen LogP) is 3.76. The first-order valence-electron chi connectivity index (χ1n) is 9.71. The zero-order valence-corrected chi connectivity index (χ0v) is 16.5. The normalized spacial score (nSPS) is 10.9. The van der Waals surface area contributed by atoms with Gasteiger partial charge in [-0.25, -0.2) is 9.97 Å². The van der Waals surface area contributed by atoms with Crippen molar-refractivity contribution in [2.75, 3.05) is 26.4 Å². The van der Waals surface area contributed by atoms with E-state index in [-0.39, 0.29) is 0 Å².